The average molecular weight is 250 g/mol. The maximum absolute atomic E-state index is 4.33. The highest BCUT2D eigenvalue weighted by molar-refractivity contribution is 5.56. The molecule has 4 nitrogen and oxygen atoms in total. The van der Waals surface area contributed by atoms with Gasteiger partial charge in [0.15, 0.2) is 0 Å². The summed E-state index contributed by atoms with van der Waals surface area (Å²) in [5.41, 5.74) is 1.10. The van der Waals surface area contributed by atoms with E-state index in [2.05, 4.69) is 55.2 Å². The van der Waals surface area contributed by atoms with Crippen LogP contribution in [0.15, 0.2) is 6.33 Å². The summed E-state index contributed by atoms with van der Waals surface area (Å²) >= 11 is 0. The number of aromatic nitrogens is 2. The number of nitrogens with one attached hydrogen (secondary N) is 2. The normalized spacial score (nSPS) is 12.6. The monoisotopic (exact) mass is 250 g/mol. The SMILES string of the molecule is CCCNc1ncnc(NC(C)CC(C)C)c1C. The quantitative estimate of drug-likeness (QED) is 0.778. The first-order chi connectivity index (χ1) is 8.54. The van der Waals surface area contributed by atoms with Gasteiger partial charge < -0.3 is 10.6 Å². The summed E-state index contributed by atoms with van der Waals surface area (Å²) in [6.07, 6.45) is 3.85. The third-order valence-corrected chi connectivity index (χ3v) is 2.83. The molecule has 1 aromatic heterocycles. The summed E-state index contributed by atoms with van der Waals surface area (Å²) in [6, 6.07) is 0.428. The van der Waals surface area contributed by atoms with Crippen molar-refractivity contribution in [2.75, 3.05) is 17.2 Å². The van der Waals surface area contributed by atoms with E-state index in [1.165, 1.54) is 0 Å². The lowest BCUT2D eigenvalue weighted by atomic mass is 10.1. The molecule has 1 rings (SSSR count). The highest BCUT2D eigenvalue weighted by Crippen LogP contribution is 2.20. The van der Waals surface area contributed by atoms with Gasteiger partial charge in [-0.1, -0.05) is 20.8 Å². The van der Waals surface area contributed by atoms with Crippen molar-refractivity contribution in [3.8, 4) is 0 Å². The van der Waals surface area contributed by atoms with Gasteiger partial charge in [0.1, 0.15) is 18.0 Å². The number of anilines is 2. The Kier molecular flexibility index (Phi) is 5.89. The van der Waals surface area contributed by atoms with E-state index in [9.17, 15) is 0 Å². The van der Waals surface area contributed by atoms with Crippen molar-refractivity contribution < 1.29 is 0 Å². The number of hydrogen-bond acceptors (Lipinski definition) is 4. The lowest BCUT2D eigenvalue weighted by Gasteiger charge is -2.19. The highest BCUT2D eigenvalue weighted by atomic mass is 15.1. The summed E-state index contributed by atoms with van der Waals surface area (Å²) in [7, 11) is 0. The van der Waals surface area contributed by atoms with Crippen molar-refractivity contribution in [3.05, 3.63) is 11.9 Å². The molecule has 1 aromatic rings. The zero-order valence-corrected chi connectivity index (χ0v) is 12.2. The summed E-state index contributed by atoms with van der Waals surface area (Å²) in [5, 5.41) is 6.79. The molecule has 0 saturated carbocycles. The molecule has 0 aromatic carbocycles. The predicted octanol–water partition coefficient (Wildman–Crippen LogP) is 3.45. The van der Waals surface area contributed by atoms with E-state index in [4.69, 9.17) is 0 Å². The van der Waals surface area contributed by atoms with E-state index in [0.717, 1.165) is 36.6 Å². The van der Waals surface area contributed by atoms with Gasteiger partial charge in [0.25, 0.3) is 0 Å². The lowest BCUT2D eigenvalue weighted by Crippen LogP contribution is -2.19. The summed E-state index contributed by atoms with van der Waals surface area (Å²) in [6.45, 7) is 11.8. The molecule has 0 amide bonds. The highest BCUT2D eigenvalue weighted by Gasteiger charge is 2.10. The molecular formula is C14H26N4. The van der Waals surface area contributed by atoms with E-state index in [1.54, 1.807) is 6.33 Å². The molecule has 0 radical (unpaired) electrons. The van der Waals surface area contributed by atoms with Crippen molar-refractivity contribution in [1.82, 2.24) is 9.97 Å². The fraction of sp³-hybridized carbons (Fsp3) is 0.714. The van der Waals surface area contributed by atoms with E-state index in [-0.39, 0.29) is 0 Å². The molecular weight excluding hydrogens is 224 g/mol. The molecule has 1 heterocycles. The van der Waals surface area contributed by atoms with Gasteiger partial charge in [0, 0.05) is 18.2 Å². The zero-order chi connectivity index (χ0) is 13.5. The van der Waals surface area contributed by atoms with Gasteiger partial charge in [-0.2, -0.15) is 0 Å². The fourth-order valence-electron chi connectivity index (χ4n) is 2.02. The van der Waals surface area contributed by atoms with Gasteiger partial charge in [-0.3, -0.25) is 0 Å². The Morgan fingerprint density at radius 1 is 1.17 bits per heavy atom. The van der Waals surface area contributed by atoms with Crippen molar-refractivity contribution in [1.29, 1.82) is 0 Å². The van der Waals surface area contributed by atoms with Gasteiger partial charge in [-0.25, -0.2) is 9.97 Å². The molecule has 1 unspecified atom stereocenters. The van der Waals surface area contributed by atoms with E-state index in [1.807, 2.05) is 0 Å². The van der Waals surface area contributed by atoms with Crippen molar-refractivity contribution in [3.63, 3.8) is 0 Å². The zero-order valence-electron chi connectivity index (χ0n) is 12.2. The Morgan fingerprint density at radius 3 is 2.44 bits per heavy atom. The first-order valence-electron chi connectivity index (χ1n) is 6.86. The second-order valence-corrected chi connectivity index (χ2v) is 5.30. The maximum Gasteiger partial charge on any atom is 0.134 e. The van der Waals surface area contributed by atoms with Crippen LogP contribution in [0.5, 0.6) is 0 Å². The summed E-state index contributed by atoms with van der Waals surface area (Å²) < 4.78 is 0. The Labute approximate surface area is 111 Å². The molecule has 0 aliphatic heterocycles. The molecule has 102 valence electrons. The number of rotatable bonds is 7. The molecule has 0 fully saturated rings. The Bertz CT molecular complexity index is 363. The molecule has 1 atom stereocenters. The molecule has 0 saturated heterocycles. The minimum absolute atomic E-state index is 0.428. The van der Waals surface area contributed by atoms with E-state index < -0.39 is 0 Å². The summed E-state index contributed by atoms with van der Waals surface area (Å²) in [5.74, 6) is 2.56. The number of hydrogen-bond donors (Lipinski definition) is 2. The van der Waals surface area contributed by atoms with Crippen LogP contribution >= 0.6 is 0 Å². The Balaban J connectivity index is 2.70. The van der Waals surface area contributed by atoms with Crippen LogP contribution < -0.4 is 10.6 Å². The predicted molar refractivity (Wildman–Crippen MR) is 78.1 cm³/mol. The fourth-order valence-corrected chi connectivity index (χ4v) is 2.02. The lowest BCUT2D eigenvalue weighted by molar-refractivity contribution is 0.538. The van der Waals surface area contributed by atoms with Crippen LogP contribution in [0.1, 0.15) is 46.1 Å². The number of nitrogens with zero attached hydrogens (tertiary/aromatic N) is 2. The molecule has 2 N–H and O–H groups in total. The molecule has 0 spiro atoms. The summed E-state index contributed by atoms with van der Waals surface area (Å²) in [4.78, 5) is 8.61. The second kappa shape index (κ2) is 7.19. The van der Waals surface area contributed by atoms with Crippen LogP contribution in [-0.4, -0.2) is 22.6 Å². The van der Waals surface area contributed by atoms with E-state index >= 15 is 0 Å². The van der Waals surface area contributed by atoms with Gasteiger partial charge in [0.05, 0.1) is 0 Å². The third kappa shape index (κ3) is 4.51. The van der Waals surface area contributed by atoms with Crippen LogP contribution in [0.2, 0.25) is 0 Å². The van der Waals surface area contributed by atoms with Gasteiger partial charge in [-0.05, 0) is 32.6 Å². The van der Waals surface area contributed by atoms with Crippen LogP contribution in [0.25, 0.3) is 0 Å². The largest absolute Gasteiger partial charge is 0.370 e. The minimum Gasteiger partial charge on any atom is -0.370 e. The van der Waals surface area contributed by atoms with Crippen LogP contribution in [-0.2, 0) is 0 Å². The van der Waals surface area contributed by atoms with Crippen LogP contribution in [0.4, 0.5) is 11.6 Å². The Hall–Kier alpha value is -1.32. The maximum atomic E-state index is 4.33. The first-order valence-corrected chi connectivity index (χ1v) is 6.86. The molecule has 4 heteroatoms. The third-order valence-electron chi connectivity index (χ3n) is 2.83. The van der Waals surface area contributed by atoms with Crippen molar-refractivity contribution in [2.24, 2.45) is 5.92 Å². The van der Waals surface area contributed by atoms with Gasteiger partial charge in [0.2, 0.25) is 0 Å². The van der Waals surface area contributed by atoms with Crippen molar-refractivity contribution in [2.45, 2.75) is 53.5 Å². The smallest absolute Gasteiger partial charge is 0.134 e. The van der Waals surface area contributed by atoms with E-state index in [0.29, 0.717) is 12.0 Å². The second-order valence-electron chi connectivity index (χ2n) is 5.30. The standard InChI is InChI=1S/C14H26N4/c1-6-7-15-13-12(5)14(17-9-16-13)18-11(4)8-10(2)3/h9-11H,6-8H2,1-5H3,(H2,15,16,17,18). The van der Waals surface area contributed by atoms with Crippen LogP contribution in [0, 0.1) is 12.8 Å². The minimum atomic E-state index is 0.428. The van der Waals surface area contributed by atoms with Crippen molar-refractivity contribution >= 4 is 11.6 Å². The first kappa shape index (κ1) is 14.7. The topological polar surface area (TPSA) is 49.8 Å². The Morgan fingerprint density at radius 2 is 1.83 bits per heavy atom. The molecule has 0 aliphatic rings. The van der Waals surface area contributed by atoms with Crippen LogP contribution in [0.3, 0.4) is 0 Å². The average Bonchev–Trinajstić information content (AvgIpc) is 2.29. The molecule has 0 aliphatic carbocycles. The van der Waals surface area contributed by atoms with Gasteiger partial charge in [-0.15, -0.1) is 0 Å². The molecule has 0 bridgehead atoms. The van der Waals surface area contributed by atoms with Gasteiger partial charge >= 0.3 is 0 Å². The molecule has 18 heavy (non-hydrogen) atoms.